The van der Waals surface area contributed by atoms with Gasteiger partial charge in [0.05, 0.1) is 6.61 Å². The van der Waals surface area contributed by atoms with Crippen molar-refractivity contribution in [3.8, 4) is 0 Å². The molecule has 1 aromatic rings. The lowest BCUT2D eigenvalue weighted by Gasteiger charge is -2.06. The SMILES string of the molecule is CCC(CO)C(=O)c1ccc(C)o1. The quantitative estimate of drug-likeness (QED) is 0.722. The van der Waals surface area contributed by atoms with E-state index in [2.05, 4.69) is 0 Å². The number of Topliss-reactive ketones (excluding diaryl/α,β-unsaturated/α-hetero) is 1. The molecular weight excluding hydrogens is 168 g/mol. The summed E-state index contributed by atoms with van der Waals surface area (Å²) in [5.74, 6) is 0.623. The number of furan rings is 1. The summed E-state index contributed by atoms with van der Waals surface area (Å²) in [7, 11) is 0. The Kier molecular flexibility index (Phi) is 3.25. The van der Waals surface area contributed by atoms with Crippen molar-refractivity contribution in [3.63, 3.8) is 0 Å². The zero-order valence-corrected chi connectivity index (χ0v) is 7.91. The van der Waals surface area contributed by atoms with Crippen LogP contribution in [0.3, 0.4) is 0 Å². The second kappa shape index (κ2) is 4.23. The lowest BCUT2D eigenvalue weighted by atomic mass is 10.0. The molecular formula is C10H14O3. The molecule has 0 radical (unpaired) electrons. The van der Waals surface area contributed by atoms with E-state index < -0.39 is 0 Å². The first kappa shape index (κ1) is 9.99. The number of aryl methyl sites for hydroxylation is 1. The van der Waals surface area contributed by atoms with Gasteiger partial charge in [-0.25, -0.2) is 0 Å². The molecule has 0 amide bonds. The van der Waals surface area contributed by atoms with Crippen LogP contribution in [0, 0.1) is 12.8 Å². The highest BCUT2D eigenvalue weighted by atomic mass is 16.3. The molecule has 0 aliphatic heterocycles. The van der Waals surface area contributed by atoms with Gasteiger partial charge in [-0.05, 0) is 25.5 Å². The summed E-state index contributed by atoms with van der Waals surface area (Å²) in [4.78, 5) is 11.6. The van der Waals surface area contributed by atoms with Gasteiger partial charge in [0.25, 0.3) is 0 Å². The van der Waals surface area contributed by atoms with E-state index in [0.29, 0.717) is 12.2 Å². The van der Waals surface area contributed by atoms with Gasteiger partial charge in [-0.1, -0.05) is 6.92 Å². The first-order valence-electron chi connectivity index (χ1n) is 4.40. The molecule has 0 aliphatic carbocycles. The van der Waals surface area contributed by atoms with Crippen LogP contribution in [-0.2, 0) is 0 Å². The molecule has 0 spiro atoms. The van der Waals surface area contributed by atoms with Crippen LogP contribution in [0.25, 0.3) is 0 Å². The highest BCUT2D eigenvalue weighted by Gasteiger charge is 2.19. The molecule has 3 heteroatoms. The predicted octanol–water partition coefficient (Wildman–Crippen LogP) is 1.79. The van der Waals surface area contributed by atoms with Gasteiger partial charge in [0.1, 0.15) is 5.76 Å². The normalized spacial score (nSPS) is 12.8. The summed E-state index contributed by atoms with van der Waals surface area (Å²) < 4.78 is 5.17. The van der Waals surface area contributed by atoms with E-state index in [1.807, 2.05) is 6.92 Å². The van der Waals surface area contributed by atoms with Crippen LogP contribution in [0.15, 0.2) is 16.5 Å². The Morgan fingerprint density at radius 3 is 2.69 bits per heavy atom. The van der Waals surface area contributed by atoms with Crippen molar-refractivity contribution in [2.75, 3.05) is 6.61 Å². The smallest absolute Gasteiger partial charge is 0.203 e. The summed E-state index contributed by atoms with van der Waals surface area (Å²) >= 11 is 0. The van der Waals surface area contributed by atoms with E-state index in [1.54, 1.807) is 19.1 Å². The van der Waals surface area contributed by atoms with Gasteiger partial charge in [0.2, 0.25) is 5.78 Å². The molecule has 1 heterocycles. The Hall–Kier alpha value is -1.09. The van der Waals surface area contributed by atoms with Gasteiger partial charge in [-0.2, -0.15) is 0 Å². The Morgan fingerprint density at radius 2 is 2.31 bits per heavy atom. The molecule has 1 rings (SSSR count). The highest BCUT2D eigenvalue weighted by Crippen LogP contribution is 2.14. The molecule has 1 unspecified atom stereocenters. The fourth-order valence-electron chi connectivity index (χ4n) is 1.17. The van der Waals surface area contributed by atoms with Gasteiger partial charge < -0.3 is 9.52 Å². The minimum absolute atomic E-state index is 0.113. The van der Waals surface area contributed by atoms with Gasteiger partial charge in [0.15, 0.2) is 5.76 Å². The zero-order chi connectivity index (χ0) is 9.84. The summed E-state index contributed by atoms with van der Waals surface area (Å²) in [5.41, 5.74) is 0. The number of ketones is 1. The van der Waals surface area contributed by atoms with Crippen molar-refractivity contribution in [1.82, 2.24) is 0 Å². The summed E-state index contributed by atoms with van der Waals surface area (Å²) in [6.07, 6.45) is 0.634. The summed E-state index contributed by atoms with van der Waals surface area (Å²) in [6.45, 7) is 3.54. The number of rotatable bonds is 4. The van der Waals surface area contributed by atoms with E-state index in [4.69, 9.17) is 9.52 Å². The molecule has 72 valence electrons. The maximum atomic E-state index is 11.6. The molecule has 0 fully saturated rings. The Bertz CT molecular complexity index is 284. The van der Waals surface area contributed by atoms with Crippen molar-refractivity contribution < 1.29 is 14.3 Å². The lowest BCUT2D eigenvalue weighted by molar-refractivity contribution is 0.0826. The van der Waals surface area contributed by atoms with E-state index >= 15 is 0 Å². The highest BCUT2D eigenvalue weighted by molar-refractivity contribution is 5.95. The lowest BCUT2D eigenvalue weighted by Crippen LogP contribution is -2.17. The van der Waals surface area contributed by atoms with Gasteiger partial charge in [0, 0.05) is 5.92 Å². The molecule has 3 nitrogen and oxygen atoms in total. The Morgan fingerprint density at radius 1 is 1.62 bits per heavy atom. The maximum Gasteiger partial charge on any atom is 0.203 e. The van der Waals surface area contributed by atoms with Crippen LogP contribution in [0.2, 0.25) is 0 Å². The third-order valence-corrected chi connectivity index (χ3v) is 2.07. The molecule has 1 atom stereocenters. The van der Waals surface area contributed by atoms with Gasteiger partial charge in [-0.15, -0.1) is 0 Å². The zero-order valence-electron chi connectivity index (χ0n) is 7.91. The van der Waals surface area contributed by atoms with E-state index in [9.17, 15) is 4.79 Å². The van der Waals surface area contributed by atoms with E-state index in [1.165, 1.54) is 0 Å². The van der Waals surface area contributed by atoms with Gasteiger partial charge >= 0.3 is 0 Å². The minimum atomic E-state index is -0.328. The Balaban J connectivity index is 2.78. The summed E-state index contributed by atoms with van der Waals surface area (Å²) in [5, 5.41) is 8.90. The largest absolute Gasteiger partial charge is 0.458 e. The third-order valence-electron chi connectivity index (χ3n) is 2.07. The van der Waals surface area contributed by atoms with Crippen molar-refractivity contribution >= 4 is 5.78 Å². The molecule has 0 aliphatic rings. The second-order valence-corrected chi connectivity index (χ2v) is 3.06. The average molecular weight is 182 g/mol. The van der Waals surface area contributed by atoms with Crippen LogP contribution < -0.4 is 0 Å². The van der Waals surface area contributed by atoms with Crippen molar-refractivity contribution in [3.05, 3.63) is 23.7 Å². The fourth-order valence-corrected chi connectivity index (χ4v) is 1.17. The second-order valence-electron chi connectivity index (χ2n) is 3.06. The molecule has 1 N–H and O–H groups in total. The molecule has 13 heavy (non-hydrogen) atoms. The molecule has 0 bridgehead atoms. The minimum Gasteiger partial charge on any atom is -0.458 e. The summed E-state index contributed by atoms with van der Waals surface area (Å²) in [6, 6.07) is 3.40. The topological polar surface area (TPSA) is 50.4 Å². The molecule has 0 saturated heterocycles. The van der Waals surface area contributed by atoms with Crippen molar-refractivity contribution in [2.24, 2.45) is 5.92 Å². The number of carbonyl (C=O) groups excluding carboxylic acids is 1. The third kappa shape index (κ3) is 2.18. The first-order valence-corrected chi connectivity index (χ1v) is 4.40. The average Bonchev–Trinajstić information content (AvgIpc) is 2.54. The van der Waals surface area contributed by atoms with Crippen LogP contribution in [0.5, 0.6) is 0 Å². The van der Waals surface area contributed by atoms with E-state index in [-0.39, 0.29) is 18.3 Å². The molecule has 0 aromatic carbocycles. The maximum absolute atomic E-state index is 11.6. The van der Waals surface area contributed by atoms with Crippen LogP contribution in [0.4, 0.5) is 0 Å². The number of carbonyl (C=O) groups is 1. The molecule has 1 aromatic heterocycles. The number of hydrogen-bond acceptors (Lipinski definition) is 3. The van der Waals surface area contributed by atoms with Crippen molar-refractivity contribution in [2.45, 2.75) is 20.3 Å². The van der Waals surface area contributed by atoms with Gasteiger partial charge in [-0.3, -0.25) is 4.79 Å². The predicted molar refractivity (Wildman–Crippen MR) is 48.6 cm³/mol. The Labute approximate surface area is 77.4 Å². The number of aliphatic hydroxyl groups excluding tert-OH is 1. The number of aliphatic hydroxyl groups is 1. The van der Waals surface area contributed by atoms with Crippen LogP contribution in [0.1, 0.15) is 29.7 Å². The number of hydrogen-bond donors (Lipinski definition) is 1. The van der Waals surface area contributed by atoms with E-state index in [0.717, 1.165) is 5.76 Å². The van der Waals surface area contributed by atoms with Crippen LogP contribution in [-0.4, -0.2) is 17.5 Å². The fraction of sp³-hybridized carbons (Fsp3) is 0.500. The standard InChI is InChI=1S/C10H14O3/c1-3-8(6-11)10(12)9-5-4-7(2)13-9/h4-5,8,11H,3,6H2,1-2H3. The first-order chi connectivity index (χ1) is 6.19. The monoisotopic (exact) mass is 182 g/mol. The van der Waals surface area contributed by atoms with Crippen molar-refractivity contribution in [1.29, 1.82) is 0 Å². The van der Waals surface area contributed by atoms with Crippen LogP contribution >= 0.6 is 0 Å². The molecule has 0 saturated carbocycles.